The van der Waals surface area contributed by atoms with E-state index in [-0.39, 0.29) is 0 Å². The maximum atomic E-state index is 6.08. The van der Waals surface area contributed by atoms with E-state index in [0.717, 1.165) is 6.54 Å². The SMILES string of the molecule is CC1C(N)CCCN1Cc1ccccc1. The minimum Gasteiger partial charge on any atom is -0.326 e. The topological polar surface area (TPSA) is 29.3 Å². The van der Waals surface area contributed by atoms with Crippen LogP contribution < -0.4 is 5.73 Å². The van der Waals surface area contributed by atoms with Gasteiger partial charge in [0.05, 0.1) is 0 Å². The summed E-state index contributed by atoms with van der Waals surface area (Å²) in [5.74, 6) is 0. The second-order valence-electron chi connectivity index (χ2n) is 4.50. The van der Waals surface area contributed by atoms with Crippen LogP contribution in [0.15, 0.2) is 30.3 Å². The molecule has 15 heavy (non-hydrogen) atoms. The highest BCUT2D eigenvalue weighted by Crippen LogP contribution is 2.18. The van der Waals surface area contributed by atoms with Gasteiger partial charge < -0.3 is 5.73 Å². The van der Waals surface area contributed by atoms with Crippen molar-refractivity contribution in [3.63, 3.8) is 0 Å². The van der Waals surface area contributed by atoms with E-state index in [1.54, 1.807) is 0 Å². The molecule has 1 fully saturated rings. The predicted molar refractivity (Wildman–Crippen MR) is 63.5 cm³/mol. The number of nitrogens with zero attached hydrogens (tertiary/aromatic N) is 1. The number of hydrogen-bond acceptors (Lipinski definition) is 2. The molecule has 0 saturated carbocycles. The summed E-state index contributed by atoms with van der Waals surface area (Å²) in [6.45, 7) is 4.46. The van der Waals surface area contributed by atoms with Gasteiger partial charge in [-0.2, -0.15) is 0 Å². The van der Waals surface area contributed by atoms with Gasteiger partial charge in [0.15, 0.2) is 0 Å². The lowest BCUT2D eigenvalue weighted by molar-refractivity contribution is 0.133. The Kier molecular flexibility index (Phi) is 3.39. The van der Waals surface area contributed by atoms with Crippen molar-refractivity contribution in [3.05, 3.63) is 35.9 Å². The Bertz CT molecular complexity index is 297. The lowest BCUT2D eigenvalue weighted by atomic mass is 9.98. The number of likely N-dealkylation sites (tertiary alicyclic amines) is 1. The van der Waals surface area contributed by atoms with Crippen LogP contribution in [0.3, 0.4) is 0 Å². The number of hydrogen-bond donors (Lipinski definition) is 1. The Morgan fingerprint density at radius 2 is 2.07 bits per heavy atom. The molecule has 1 aromatic rings. The molecule has 0 amide bonds. The molecule has 1 saturated heterocycles. The smallest absolute Gasteiger partial charge is 0.0237 e. The van der Waals surface area contributed by atoms with Gasteiger partial charge in [0.25, 0.3) is 0 Å². The molecule has 2 nitrogen and oxygen atoms in total. The summed E-state index contributed by atoms with van der Waals surface area (Å²) < 4.78 is 0. The predicted octanol–water partition coefficient (Wildman–Crippen LogP) is 2.00. The number of piperidine rings is 1. The zero-order chi connectivity index (χ0) is 10.7. The largest absolute Gasteiger partial charge is 0.326 e. The summed E-state index contributed by atoms with van der Waals surface area (Å²) in [5, 5.41) is 0. The van der Waals surface area contributed by atoms with Crippen molar-refractivity contribution in [3.8, 4) is 0 Å². The van der Waals surface area contributed by atoms with Crippen molar-refractivity contribution in [2.45, 2.75) is 38.4 Å². The van der Waals surface area contributed by atoms with Crippen molar-refractivity contribution < 1.29 is 0 Å². The Hall–Kier alpha value is -0.860. The second-order valence-corrected chi connectivity index (χ2v) is 4.50. The standard InChI is InChI=1S/C13H20N2/c1-11-13(14)8-5-9-15(11)10-12-6-3-2-4-7-12/h2-4,6-7,11,13H,5,8-10,14H2,1H3. The third kappa shape index (κ3) is 2.58. The summed E-state index contributed by atoms with van der Waals surface area (Å²) in [4.78, 5) is 2.49. The van der Waals surface area contributed by atoms with E-state index in [1.807, 2.05) is 0 Å². The van der Waals surface area contributed by atoms with Crippen molar-refractivity contribution in [2.75, 3.05) is 6.54 Å². The van der Waals surface area contributed by atoms with E-state index in [2.05, 4.69) is 42.2 Å². The van der Waals surface area contributed by atoms with Crippen LogP contribution >= 0.6 is 0 Å². The quantitative estimate of drug-likeness (QED) is 0.798. The van der Waals surface area contributed by atoms with E-state index in [0.29, 0.717) is 12.1 Å². The second kappa shape index (κ2) is 4.77. The number of benzene rings is 1. The van der Waals surface area contributed by atoms with Gasteiger partial charge in [-0.1, -0.05) is 30.3 Å². The highest BCUT2D eigenvalue weighted by atomic mass is 15.2. The van der Waals surface area contributed by atoms with Crippen molar-refractivity contribution >= 4 is 0 Å². The lowest BCUT2D eigenvalue weighted by Gasteiger charge is -2.37. The van der Waals surface area contributed by atoms with Crippen LogP contribution in [-0.2, 0) is 6.54 Å². The molecule has 0 radical (unpaired) electrons. The van der Waals surface area contributed by atoms with Gasteiger partial charge in [0.2, 0.25) is 0 Å². The minimum atomic E-state index is 0.350. The van der Waals surface area contributed by atoms with Crippen molar-refractivity contribution in [1.29, 1.82) is 0 Å². The van der Waals surface area contributed by atoms with E-state index < -0.39 is 0 Å². The van der Waals surface area contributed by atoms with Crippen molar-refractivity contribution in [2.24, 2.45) is 5.73 Å². The molecule has 0 spiro atoms. The highest BCUT2D eigenvalue weighted by Gasteiger charge is 2.24. The summed E-state index contributed by atoms with van der Waals surface area (Å²) in [6.07, 6.45) is 2.41. The van der Waals surface area contributed by atoms with Gasteiger partial charge >= 0.3 is 0 Å². The molecule has 82 valence electrons. The molecular weight excluding hydrogens is 184 g/mol. The van der Waals surface area contributed by atoms with E-state index in [4.69, 9.17) is 5.73 Å². The average molecular weight is 204 g/mol. The van der Waals surface area contributed by atoms with Crippen LogP contribution in [0.1, 0.15) is 25.3 Å². The minimum absolute atomic E-state index is 0.350. The van der Waals surface area contributed by atoms with E-state index >= 15 is 0 Å². The van der Waals surface area contributed by atoms with Gasteiger partial charge in [-0.15, -0.1) is 0 Å². The van der Waals surface area contributed by atoms with Crippen LogP contribution in [0.25, 0.3) is 0 Å². The first-order valence-corrected chi connectivity index (χ1v) is 5.81. The molecule has 0 bridgehead atoms. The molecule has 2 rings (SSSR count). The monoisotopic (exact) mass is 204 g/mol. The molecule has 2 atom stereocenters. The first kappa shape index (κ1) is 10.7. The Labute approximate surface area is 92.1 Å². The van der Waals surface area contributed by atoms with Crippen molar-refractivity contribution in [1.82, 2.24) is 4.90 Å². The fourth-order valence-corrected chi connectivity index (χ4v) is 2.29. The molecule has 0 aromatic heterocycles. The highest BCUT2D eigenvalue weighted by molar-refractivity contribution is 5.14. The molecule has 1 aliphatic heterocycles. The van der Waals surface area contributed by atoms with E-state index in [9.17, 15) is 0 Å². The van der Waals surface area contributed by atoms with Crippen LogP contribution in [0.4, 0.5) is 0 Å². The van der Waals surface area contributed by atoms with Crippen LogP contribution in [0.2, 0.25) is 0 Å². The zero-order valence-corrected chi connectivity index (χ0v) is 9.39. The number of nitrogens with two attached hydrogens (primary N) is 1. The molecule has 1 aliphatic rings. The molecular formula is C13H20N2. The molecule has 1 heterocycles. The van der Waals surface area contributed by atoms with Gasteiger partial charge in [-0.3, -0.25) is 4.90 Å². The summed E-state index contributed by atoms with van der Waals surface area (Å²) in [6, 6.07) is 11.5. The van der Waals surface area contributed by atoms with Gasteiger partial charge in [-0.25, -0.2) is 0 Å². The lowest BCUT2D eigenvalue weighted by Crippen LogP contribution is -2.49. The van der Waals surface area contributed by atoms with Gasteiger partial charge in [-0.05, 0) is 31.9 Å². The number of rotatable bonds is 2. The maximum absolute atomic E-state index is 6.08. The summed E-state index contributed by atoms with van der Waals surface area (Å²) in [7, 11) is 0. The van der Waals surface area contributed by atoms with E-state index in [1.165, 1.54) is 24.9 Å². The molecule has 1 aromatic carbocycles. The fraction of sp³-hybridized carbons (Fsp3) is 0.538. The Balaban J connectivity index is 1.99. The first-order chi connectivity index (χ1) is 7.27. The normalized spacial score (nSPS) is 27.9. The third-order valence-electron chi connectivity index (χ3n) is 3.41. The summed E-state index contributed by atoms with van der Waals surface area (Å²) in [5.41, 5.74) is 7.47. The molecule has 2 N–H and O–H groups in total. The molecule has 2 unspecified atom stereocenters. The Morgan fingerprint density at radius 3 is 2.80 bits per heavy atom. The summed E-state index contributed by atoms with van der Waals surface area (Å²) >= 11 is 0. The molecule has 2 heteroatoms. The average Bonchev–Trinajstić information content (AvgIpc) is 2.26. The third-order valence-corrected chi connectivity index (χ3v) is 3.41. The fourth-order valence-electron chi connectivity index (χ4n) is 2.29. The van der Waals surface area contributed by atoms with Crippen LogP contribution in [0, 0.1) is 0 Å². The zero-order valence-electron chi connectivity index (χ0n) is 9.39. The van der Waals surface area contributed by atoms with Crippen LogP contribution in [0.5, 0.6) is 0 Å². The van der Waals surface area contributed by atoms with Gasteiger partial charge in [0.1, 0.15) is 0 Å². The van der Waals surface area contributed by atoms with Gasteiger partial charge in [0, 0.05) is 18.6 Å². The maximum Gasteiger partial charge on any atom is 0.0237 e. The first-order valence-electron chi connectivity index (χ1n) is 5.81. The molecule has 0 aliphatic carbocycles. The Morgan fingerprint density at radius 1 is 1.33 bits per heavy atom. The van der Waals surface area contributed by atoms with Crippen LogP contribution in [-0.4, -0.2) is 23.5 Å².